The molecule has 0 atom stereocenters. The number of hydrogen-bond donors (Lipinski definition) is 0. The molecule has 2 rings (SSSR count). The van der Waals surface area contributed by atoms with Gasteiger partial charge in [0, 0.05) is 22.7 Å². The Morgan fingerprint density at radius 3 is 2.93 bits per heavy atom. The third kappa shape index (κ3) is 1.83. The minimum absolute atomic E-state index is 0.735. The van der Waals surface area contributed by atoms with Crippen molar-refractivity contribution in [1.82, 2.24) is 9.55 Å². The molecule has 0 spiro atoms. The van der Waals surface area contributed by atoms with Crippen molar-refractivity contribution in [3.63, 3.8) is 0 Å². The summed E-state index contributed by atoms with van der Waals surface area (Å²) in [5.74, 6) is 0. The lowest BCUT2D eigenvalue weighted by Gasteiger charge is -2.07. The molecule has 0 saturated carbocycles. The van der Waals surface area contributed by atoms with E-state index in [1.807, 2.05) is 29.0 Å². The highest BCUT2D eigenvalue weighted by Gasteiger charge is 2.03. The van der Waals surface area contributed by atoms with Gasteiger partial charge in [-0.1, -0.05) is 33.6 Å². The standard InChI is InChI=1S/C10H8BrClN2/c11-6-8-1-2-9(12)5-10(8)14-4-3-13-7-14/h1-5,7H,6H2. The SMILES string of the molecule is Clc1ccc(CBr)c(-n2ccnc2)c1. The third-order valence-electron chi connectivity index (χ3n) is 1.97. The number of nitrogens with zero attached hydrogens (tertiary/aromatic N) is 2. The Hall–Kier alpha value is -0.800. The second kappa shape index (κ2) is 4.15. The monoisotopic (exact) mass is 270 g/mol. The summed E-state index contributed by atoms with van der Waals surface area (Å²) in [5, 5.41) is 1.54. The van der Waals surface area contributed by atoms with Gasteiger partial charge in [-0.05, 0) is 17.7 Å². The van der Waals surface area contributed by atoms with Gasteiger partial charge in [0.25, 0.3) is 0 Å². The van der Waals surface area contributed by atoms with Crippen LogP contribution in [0.15, 0.2) is 36.9 Å². The molecular formula is C10H8BrClN2. The smallest absolute Gasteiger partial charge is 0.0991 e. The summed E-state index contributed by atoms with van der Waals surface area (Å²) < 4.78 is 1.95. The van der Waals surface area contributed by atoms with Gasteiger partial charge in [-0.2, -0.15) is 0 Å². The fourth-order valence-electron chi connectivity index (χ4n) is 1.29. The fraction of sp³-hybridized carbons (Fsp3) is 0.100. The normalized spacial score (nSPS) is 10.4. The lowest BCUT2D eigenvalue weighted by Crippen LogP contribution is -1.95. The molecule has 1 aromatic heterocycles. The summed E-state index contributed by atoms with van der Waals surface area (Å²) in [4.78, 5) is 4.01. The van der Waals surface area contributed by atoms with Gasteiger partial charge in [-0.15, -0.1) is 0 Å². The van der Waals surface area contributed by atoms with Crippen molar-refractivity contribution >= 4 is 27.5 Å². The molecule has 0 radical (unpaired) electrons. The minimum Gasteiger partial charge on any atom is -0.306 e. The summed E-state index contributed by atoms with van der Waals surface area (Å²) in [5.41, 5.74) is 2.25. The summed E-state index contributed by atoms with van der Waals surface area (Å²) in [6.07, 6.45) is 5.41. The number of benzene rings is 1. The van der Waals surface area contributed by atoms with Crippen LogP contribution in [0.3, 0.4) is 0 Å². The van der Waals surface area contributed by atoms with Gasteiger partial charge in [0.1, 0.15) is 0 Å². The maximum absolute atomic E-state index is 5.94. The maximum atomic E-state index is 5.94. The molecular weight excluding hydrogens is 263 g/mol. The van der Waals surface area contributed by atoms with Crippen LogP contribution in [0, 0.1) is 0 Å². The second-order valence-corrected chi connectivity index (χ2v) is 3.87. The molecule has 4 heteroatoms. The number of imidazole rings is 1. The number of alkyl halides is 1. The van der Waals surface area contributed by atoms with E-state index in [-0.39, 0.29) is 0 Å². The first-order chi connectivity index (χ1) is 6.81. The van der Waals surface area contributed by atoms with Gasteiger partial charge in [-0.25, -0.2) is 4.98 Å². The highest BCUT2D eigenvalue weighted by molar-refractivity contribution is 9.08. The van der Waals surface area contributed by atoms with Gasteiger partial charge in [0.15, 0.2) is 0 Å². The minimum atomic E-state index is 0.735. The van der Waals surface area contributed by atoms with E-state index < -0.39 is 0 Å². The molecule has 0 saturated heterocycles. The molecule has 0 bridgehead atoms. The van der Waals surface area contributed by atoms with Crippen molar-refractivity contribution in [1.29, 1.82) is 0 Å². The predicted molar refractivity (Wildman–Crippen MR) is 61.2 cm³/mol. The van der Waals surface area contributed by atoms with E-state index in [2.05, 4.69) is 20.9 Å². The van der Waals surface area contributed by atoms with Crippen LogP contribution in [0.2, 0.25) is 5.02 Å². The molecule has 1 aromatic carbocycles. The lowest BCUT2D eigenvalue weighted by atomic mass is 10.2. The summed E-state index contributed by atoms with van der Waals surface area (Å²) >= 11 is 9.38. The van der Waals surface area contributed by atoms with E-state index in [9.17, 15) is 0 Å². The van der Waals surface area contributed by atoms with Crippen LogP contribution in [0.4, 0.5) is 0 Å². The van der Waals surface area contributed by atoms with Gasteiger partial charge in [-0.3, -0.25) is 0 Å². The van der Waals surface area contributed by atoms with E-state index in [0.717, 1.165) is 16.0 Å². The van der Waals surface area contributed by atoms with E-state index in [0.29, 0.717) is 0 Å². The Kier molecular flexibility index (Phi) is 2.89. The molecule has 0 N–H and O–H groups in total. The number of aromatic nitrogens is 2. The zero-order valence-electron chi connectivity index (χ0n) is 7.32. The fourth-order valence-corrected chi connectivity index (χ4v) is 1.93. The predicted octanol–water partition coefficient (Wildman–Crippen LogP) is 3.42. The third-order valence-corrected chi connectivity index (χ3v) is 2.81. The van der Waals surface area contributed by atoms with Gasteiger partial charge in [0.05, 0.1) is 12.0 Å². The molecule has 0 amide bonds. The van der Waals surface area contributed by atoms with Crippen molar-refractivity contribution in [2.45, 2.75) is 5.33 Å². The van der Waals surface area contributed by atoms with E-state index in [1.54, 1.807) is 12.5 Å². The molecule has 14 heavy (non-hydrogen) atoms. The Bertz CT molecular complexity index is 426. The summed E-state index contributed by atoms with van der Waals surface area (Å²) in [7, 11) is 0. The van der Waals surface area contributed by atoms with Crippen LogP contribution in [-0.2, 0) is 5.33 Å². The first-order valence-corrected chi connectivity index (χ1v) is 5.64. The number of rotatable bonds is 2. The van der Waals surface area contributed by atoms with Crippen LogP contribution in [0.25, 0.3) is 5.69 Å². The van der Waals surface area contributed by atoms with Crippen molar-refractivity contribution < 1.29 is 0 Å². The molecule has 72 valence electrons. The molecule has 2 aromatic rings. The molecule has 0 unspecified atom stereocenters. The molecule has 1 heterocycles. The van der Waals surface area contributed by atoms with E-state index >= 15 is 0 Å². The lowest BCUT2D eigenvalue weighted by molar-refractivity contribution is 1.04. The Balaban J connectivity index is 2.55. The summed E-state index contributed by atoms with van der Waals surface area (Å²) in [6.45, 7) is 0. The number of halogens is 2. The Morgan fingerprint density at radius 1 is 1.43 bits per heavy atom. The maximum Gasteiger partial charge on any atom is 0.0991 e. The first kappa shape index (κ1) is 9.74. The summed E-state index contributed by atoms with van der Waals surface area (Å²) in [6, 6.07) is 5.82. The van der Waals surface area contributed by atoms with Gasteiger partial charge in [0.2, 0.25) is 0 Å². The molecule has 0 aliphatic heterocycles. The Morgan fingerprint density at radius 2 is 2.29 bits per heavy atom. The zero-order valence-corrected chi connectivity index (χ0v) is 9.66. The van der Waals surface area contributed by atoms with Crippen LogP contribution in [0.1, 0.15) is 5.56 Å². The average Bonchev–Trinajstić information content (AvgIpc) is 2.70. The Labute approximate surface area is 95.7 Å². The molecule has 2 nitrogen and oxygen atoms in total. The highest BCUT2D eigenvalue weighted by atomic mass is 79.9. The van der Waals surface area contributed by atoms with Gasteiger partial charge < -0.3 is 4.57 Å². The van der Waals surface area contributed by atoms with Crippen molar-refractivity contribution in [3.05, 3.63) is 47.5 Å². The topological polar surface area (TPSA) is 17.8 Å². The van der Waals surface area contributed by atoms with Crippen LogP contribution in [-0.4, -0.2) is 9.55 Å². The first-order valence-electron chi connectivity index (χ1n) is 4.14. The zero-order chi connectivity index (χ0) is 9.97. The van der Waals surface area contributed by atoms with Crippen molar-refractivity contribution in [2.24, 2.45) is 0 Å². The second-order valence-electron chi connectivity index (χ2n) is 2.88. The van der Waals surface area contributed by atoms with E-state index in [1.165, 1.54) is 5.56 Å². The highest BCUT2D eigenvalue weighted by Crippen LogP contribution is 2.21. The number of hydrogen-bond acceptors (Lipinski definition) is 1. The van der Waals surface area contributed by atoms with Crippen molar-refractivity contribution in [2.75, 3.05) is 0 Å². The van der Waals surface area contributed by atoms with Crippen molar-refractivity contribution in [3.8, 4) is 5.69 Å². The largest absolute Gasteiger partial charge is 0.306 e. The van der Waals surface area contributed by atoms with Crippen LogP contribution < -0.4 is 0 Å². The molecule has 0 fully saturated rings. The van der Waals surface area contributed by atoms with Gasteiger partial charge >= 0.3 is 0 Å². The quantitative estimate of drug-likeness (QED) is 0.765. The average molecular weight is 272 g/mol. The van der Waals surface area contributed by atoms with Crippen LogP contribution in [0.5, 0.6) is 0 Å². The van der Waals surface area contributed by atoms with Crippen LogP contribution >= 0.6 is 27.5 Å². The molecule has 0 aliphatic carbocycles. The van der Waals surface area contributed by atoms with E-state index in [4.69, 9.17) is 11.6 Å². The molecule has 0 aliphatic rings.